The van der Waals surface area contributed by atoms with Crippen LogP contribution in [0.4, 0.5) is 0 Å². The number of halogens is 1. The van der Waals surface area contributed by atoms with Crippen LogP contribution < -0.4 is 4.74 Å². The van der Waals surface area contributed by atoms with Gasteiger partial charge in [0.1, 0.15) is 11.5 Å². The lowest BCUT2D eigenvalue weighted by atomic mass is 9.95. The number of aliphatic hydroxyl groups is 1. The molecule has 33 heavy (non-hydrogen) atoms. The zero-order valence-electron chi connectivity index (χ0n) is 18.1. The fraction of sp³-hybridized carbons (Fsp3) is 0.192. The summed E-state index contributed by atoms with van der Waals surface area (Å²) in [5.41, 5.74) is 1.91. The molecule has 1 amide bonds. The van der Waals surface area contributed by atoms with Gasteiger partial charge in [-0.3, -0.25) is 14.6 Å². The number of carbonyl (C=O) groups excluding carboxylic acids is 2. The van der Waals surface area contributed by atoms with E-state index in [-0.39, 0.29) is 17.9 Å². The van der Waals surface area contributed by atoms with Crippen molar-refractivity contribution in [2.45, 2.75) is 25.9 Å². The van der Waals surface area contributed by atoms with Crippen LogP contribution in [0, 0.1) is 0 Å². The number of carbonyl (C=O) groups is 2. The van der Waals surface area contributed by atoms with Crippen LogP contribution in [0.5, 0.6) is 5.75 Å². The maximum atomic E-state index is 13.1. The predicted octanol–water partition coefficient (Wildman–Crippen LogP) is 5.15. The Hall–Kier alpha value is -3.64. The third kappa shape index (κ3) is 4.76. The van der Waals surface area contributed by atoms with Crippen LogP contribution in [0.25, 0.3) is 5.76 Å². The number of Topliss-reactive ketones (excluding diaryl/α,β-unsaturated/α-hetero) is 1. The van der Waals surface area contributed by atoms with E-state index in [1.165, 1.54) is 4.90 Å². The van der Waals surface area contributed by atoms with E-state index >= 15 is 0 Å². The average molecular weight is 463 g/mol. The molecule has 4 rings (SSSR count). The number of hydrogen-bond acceptors (Lipinski definition) is 5. The summed E-state index contributed by atoms with van der Waals surface area (Å²) in [5, 5.41) is 11.7. The van der Waals surface area contributed by atoms with E-state index < -0.39 is 17.7 Å². The molecule has 0 aliphatic carbocycles. The van der Waals surface area contributed by atoms with Crippen molar-refractivity contribution >= 4 is 29.1 Å². The molecule has 1 aliphatic heterocycles. The molecule has 0 radical (unpaired) electrons. The van der Waals surface area contributed by atoms with Gasteiger partial charge in [-0.05, 0) is 60.0 Å². The Morgan fingerprint density at radius 2 is 1.82 bits per heavy atom. The number of amides is 1. The first-order valence-corrected chi connectivity index (χ1v) is 11.0. The quantitative estimate of drug-likeness (QED) is 0.298. The second-order valence-electron chi connectivity index (χ2n) is 7.71. The minimum absolute atomic E-state index is 0.0356. The Morgan fingerprint density at radius 1 is 1.09 bits per heavy atom. The minimum atomic E-state index is -0.765. The fourth-order valence-corrected chi connectivity index (χ4v) is 3.93. The third-order valence-corrected chi connectivity index (χ3v) is 5.65. The number of ether oxygens (including phenoxy) is 1. The Balaban J connectivity index is 1.78. The number of rotatable bonds is 7. The molecule has 7 heteroatoms. The van der Waals surface area contributed by atoms with Gasteiger partial charge >= 0.3 is 0 Å². The number of ketones is 1. The minimum Gasteiger partial charge on any atom is -0.507 e. The summed E-state index contributed by atoms with van der Waals surface area (Å²) in [6.45, 7) is 2.77. The zero-order valence-corrected chi connectivity index (χ0v) is 18.8. The Labute approximate surface area is 197 Å². The van der Waals surface area contributed by atoms with Crippen LogP contribution in [-0.2, 0) is 16.1 Å². The highest BCUT2D eigenvalue weighted by atomic mass is 35.5. The van der Waals surface area contributed by atoms with E-state index in [0.717, 1.165) is 12.0 Å². The number of hydrogen-bond donors (Lipinski definition) is 1. The second-order valence-corrected chi connectivity index (χ2v) is 8.15. The molecule has 1 atom stereocenters. The number of pyridine rings is 1. The van der Waals surface area contributed by atoms with Crippen LogP contribution in [-0.4, -0.2) is 33.3 Å². The van der Waals surface area contributed by atoms with E-state index in [1.54, 1.807) is 67.0 Å². The second kappa shape index (κ2) is 9.88. The highest BCUT2D eigenvalue weighted by Gasteiger charge is 2.46. The van der Waals surface area contributed by atoms with Crippen LogP contribution in [0.2, 0.25) is 5.02 Å². The third-order valence-electron chi connectivity index (χ3n) is 5.40. The highest BCUT2D eigenvalue weighted by molar-refractivity contribution is 6.46. The van der Waals surface area contributed by atoms with E-state index in [4.69, 9.17) is 16.3 Å². The molecule has 1 aliphatic rings. The Morgan fingerprint density at radius 3 is 2.45 bits per heavy atom. The topological polar surface area (TPSA) is 79.7 Å². The zero-order chi connectivity index (χ0) is 23.4. The molecule has 168 valence electrons. The number of aliphatic hydroxyl groups excluding tert-OH is 1. The summed E-state index contributed by atoms with van der Waals surface area (Å²) in [6.07, 6.45) is 4.17. The van der Waals surface area contributed by atoms with E-state index in [0.29, 0.717) is 28.5 Å². The summed E-state index contributed by atoms with van der Waals surface area (Å²) in [7, 11) is 0. The lowest BCUT2D eigenvalue weighted by molar-refractivity contribution is -0.140. The van der Waals surface area contributed by atoms with E-state index in [9.17, 15) is 14.7 Å². The molecule has 0 spiro atoms. The molecule has 2 aromatic carbocycles. The van der Waals surface area contributed by atoms with Crippen molar-refractivity contribution in [1.29, 1.82) is 0 Å². The number of aromatic nitrogens is 1. The van der Waals surface area contributed by atoms with E-state index in [2.05, 4.69) is 4.98 Å². The average Bonchev–Trinajstić information content (AvgIpc) is 3.08. The maximum Gasteiger partial charge on any atom is 0.295 e. The molecule has 1 saturated heterocycles. The molecule has 2 heterocycles. The van der Waals surface area contributed by atoms with Crippen molar-refractivity contribution < 1.29 is 19.4 Å². The normalized spacial score (nSPS) is 17.4. The summed E-state index contributed by atoms with van der Waals surface area (Å²) < 4.78 is 5.59. The molecule has 1 fully saturated rings. The van der Waals surface area contributed by atoms with Crippen molar-refractivity contribution in [2.75, 3.05) is 6.61 Å². The van der Waals surface area contributed by atoms with Gasteiger partial charge in [-0.2, -0.15) is 0 Å². The van der Waals surface area contributed by atoms with Crippen LogP contribution in [0.15, 0.2) is 78.6 Å². The van der Waals surface area contributed by atoms with Crippen LogP contribution in [0.1, 0.15) is 36.1 Å². The highest BCUT2D eigenvalue weighted by Crippen LogP contribution is 2.40. The van der Waals surface area contributed by atoms with Crippen LogP contribution >= 0.6 is 11.6 Å². The van der Waals surface area contributed by atoms with Gasteiger partial charge < -0.3 is 14.7 Å². The molecule has 0 saturated carbocycles. The van der Waals surface area contributed by atoms with Crippen molar-refractivity contribution in [3.8, 4) is 5.75 Å². The molecule has 3 aromatic rings. The lowest BCUT2D eigenvalue weighted by Gasteiger charge is -2.25. The monoisotopic (exact) mass is 462 g/mol. The van der Waals surface area contributed by atoms with Gasteiger partial charge in [0.05, 0.1) is 18.2 Å². The molecule has 1 aromatic heterocycles. The number of likely N-dealkylation sites (tertiary alicyclic amines) is 1. The smallest absolute Gasteiger partial charge is 0.295 e. The fourth-order valence-electron chi connectivity index (χ4n) is 3.81. The SMILES string of the molecule is CCCOc1ccc(/C(O)=C2/C(=O)C(=O)N(Cc3cccnc3)C2c2ccc(Cl)cc2)cc1. The first kappa shape index (κ1) is 22.6. The number of benzene rings is 2. The molecular formula is C26H23ClN2O4. The van der Waals surface area contributed by atoms with Crippen molar-refractivity contribution in [1.82, 2.24) is 9.88 Å². The predicted molar refractivity (Wildman–Crippen MR) is 126 cm³/mol. The molecule has 0 bridgehead atoms. The summed E-state index contributed by atoms with van der Waals surface area (Å²) in [4.78, 5) is 31.7. The van der Waals surface area contributed by atoms with Crippen molar-refractivity contribution in [2.24, 2.45) is 0 Å². The Kier molecular flexibility index (Phi) is 6.75. The summed E-state index contributed by atoms with van der Waals surface area (Å²) >= 11 is 6.06. The summed E-state index contributed by atoms with van der Waals surface area (Å²) in [6, 6.07) is 16.5. The lowest BCUT2D eigenvalue weighted by Crippen LogP contribution is -2.29. The maximum absolute atomic E-state index is 13.1. The van der Waals surface area contributed by atoms with Gasteiger partial charge in [-0.15, -0.1) is 0 Å². The Bertz CT molecular complexity index is 1180. The first-order valence-electron chi connectivity index (χ1n) is 10.7. The summed E-state index contributed by atoms with van der Waals surface area (Å²) in [5.74, 6) is -0.977. The van der Waals surface area contributed by atoms with Gasteiger partial charge in [0.25, 0.3) is 11.7 Å². The van der Waals surface area contributed by atoms with Gasteiger partial charge in [-0.25, -0.2) is 0 Å². The molecular weight excluding hydrogens is 440 g/mol. The largest absolute Gasteiger partial charge is 0.507 e. The van der Waals surface area contributed by atoms with Crippen molar-refractivity contribution in [3.63, 3.8) is 0 Å². The van der Waals surface area contributed by atoms with Gasteiger partial charge in [0.2, 0.25) is 0 Å². The molecule has 6 nitrogen and oxygen atoms in total. The van der Waals surface area contributed by atoms with Crippen molar-refractivity contribution in [3.05, 3.63) is 100 Å². The van der Waals surface area contributed by atoms with Crippen LogP contribution in [0.3, 0.4) is 0 Å². The van der Waals surface area contributed by atoms with Gasteiger partial charge in [-0.1, -0.05) is 36.7 Å². The number of nitrogens with zero attached hydrogens (tertiary/aromatic N) is 2. The van der Waals surface area contributed by atoms with E-state index in [1.807, 2.05) is 13.0 Å². The standard InChI is InChI=1S/C26H23ClN2O4/c1-2-14-33-21-11-7-19(8-12-21)24(30)22-23(18-5-9-20(27)10-6-18)29(26(32)25(22)31)16-17-4-3-13-28-15-17/h3-13,15,23,30H,2,14,16H2,1H3/b24-22-. The first-order chi connectivity index (χ1) is 16.0. The molecule has 1 unspecified atom stereocenters. The molecule has 1 N–H and O–H groups in total. The van der Waals surface area contributed by atoms with Gasteiger partial charge in [0, 0.05) is 29.5 Å². The van der Waals surface area contributed by atoms with Gasteiger partial charge in [0.15, 0.2) is 0 Å².